The summed E-state index contributed by atoms with van der Waals surface area (Å²) >= 11 is 0. The van der Waals surface area contributed by atoms with Gasteiger partial charge in [0.1, 0.15) is 0 Å². The second-order valence-corrected chi connectivity index (χ2v) is 16.7. The van der Waals surface area contributed by atoms with Crippen molar-refractivity contribution >= 4 is 5.91 Å². The number of unbranched alkanes of at least 4 members (excludes halogenated alkanes) is 33. The number of nitrogens with one attached hydrogen (secondary N) is 1. The first-order chi connectivity index (χ1) is 26.5. The zero-order valence-electron chi connectivity index (χ0n) is 36.4. The Balaban J connectivity index is 3.65. The average Bonchev–Trinajstić information content (AvgIpc) is 3.16. The van der Waals surface area contributed by atoms with Gasteiger partial charge in [-0.1, -0.05) is 244 Å². The number of carbonyl (C=O) groups excluding carboxylic acids is 1. The molecule has 0 aromatic carbocycles. The van der Waals surface area contributed by atoms with Crippen LogP contribution in [0.4, 0.5) is 0 Å². The van der Waals surface area contributed by atoms with Gasteiger partial charge in [-0.3, -0.25) is 4.79 Å². The van der Waals surface area contributed by atoms with Gasteiger partial charge in [0.25, 0.3) is 0 Å². The first-order valence-electron chi connectivity index (χ1n) is 24.1. The molecular formula is C49H95NO4. The molecule has 0 saturated carbocycles. The fourth-order valence-corrected chi connectivity index (χ4v) is 7.53. The van der Waals surface area contributed by atoms with E-state index in [0.29, 0.717) is 6.42 Å². The van der Waals surface area contributed by atoms with Crippen LogP contribution in [0.5, 0.6) is 0 Å². The SMILES string of the molecule is CCCCCCCCCCCCCCCC/C=C/CC/C=C/C(O)C(CO)NC(=O)CC(O)CCCCCCCCCCCCCCCCCCCCC. The first kappa shape index (κ1) is 52.8. The molecule has 0 rings (SSSR count). The van der Waals surface area contributed by atoms with Crippen LogP contribution < -0.4 is 5.32 Å². The fourth-order valence-electron chi connectivity index (χ4n) is 7.53. The largest absolute Gasteiger partial charge is 0.394 e. The number of allylic oxidation sites excluding steroid dienone is 3. The van der Waals surface area contributed by atoms with E-state index in [-0.39, 0.29) is 18.9 Å². The van der Waals surface area contributed by atoms with Crippen molar-refractivity contribution in [2.45, 2.75) is 276 Å². The van der Waals surface area contributed by atoms with Crippen LogP contribution in [0.25, 0.3) is 0 Å². The number of hydrogen-bond donors (Lipinski definition) is 4. The quantitative estimate of drug-likeness (QED) is 0.0368. The molecule has 0 aliphatic rings. The summed E-state index contributed by atoms with van der Waals surface area (Å²) in [7, 11) is 0. The summed E-state index contributed by atoms with van der Waals surface area (Å²) in [4.78, 5) is 12.5. The van der Waals surface area contributed by atoms with E-state index in [9.17, 15) is 20.1 Å². The van der Waals surface area contributed by atoms with E-state index in [1.165, 1.54) is 199 Å². The lowest BCUT2D eigenvalue weighted by Gasteiger charge is -2.21. The molecule has 0 aromatic heterocycles. The van der Waals surface area contributed by atoms with Crippen molar-refractivity contribution in [3.05, 3.63) is 24.3 Å². The summed E-state index contributed by atoms with van der Waals surface area (Å²) in [6.07, 6.45) is 54.8. The van der Waals surface area contributed by atoms with E-state index in [0.717, 1.165) is 32.1 Å². The lowest BCUT2D eigenvalue weighted by atomic mass is 10.0. The number of rotatable bonds is 44. The zero-order chi connectivity index (χ0) is 39.4. The highest BCUT2D eigenvalue weighted by atomic mass is 16.3. The monoisotopic (exact) mass is 762 g/mol. The number of amides is 1. The van der Waals surface area contributed by atoms with Crippen LogP contribution in [-0.4, -0.2) is 46.1 Å². The lowest BCUT2D eigenvalue weighted by molar-refractivity contribution is -0.124. The number of aliphatic hydroxyl groups is 3. The van der Waals surface area contributed by atoms with Gasteiger partial charge in [-0.05, 0) is 32.1 Å². The molecular weight excluding hydrogens is 667 g/mol. The summed E-state index contributed by atoms with van der Waals surface area (Å²) in [5, 5.41) is 33.3. The van der Waals surface area contributed by atoms with E-state index in [4.69, 9.17) is 0 Å². The predicted molar refractivity (Wildman–Crippen MR) is 236 cm³/mol. The van der Waals surface area contributed by atoms with Gasteiger partial charge in [-0.25, -0.2) is 0 Å². The van der Waals surface area contributed by atoms with Crippen molar-refractivity contribution in [2.24, 2.45) is 0 Å². The third kappa shape index (κ3) is 40.5. The van der Waals surface area contributed by atoms with Gasteiger partial charge in [0.05, 0.1) is 31.3 Å². The molecule has 5 heteroatoms. The smallest absolute Gasteiger partial charge is 0.222 e. The maximum absolute atomic E-state index is 12.5. The molecule has 0 spiro atoms. The Morgan fingerprint density at radius 3 is 1.19 bits per heavy atom. The highest BCUT2D eigenvalue weighted by Crippen LogP contribution is 2.16. The Kier molecular flexibility index (Phi) is 43.6. The average molecular weight is 762 g/mol. The van der Waals surface area contributed by atoms with Crippen LogP contribution in [0, 0.1) is 0 Å². The third-order valence-electron chi connectivity index (χ3n) is 11.2. The van der Waals surface area contributed by atoms with Crippen molar-refractivity contribution in [1.82, 2.24) is 5.32 Å². The molecule has 54 heavy (non-hydrogen) atoms. The molecule has 0 saturated heterocycles. The van der Waals surface area contributed by atoms with Gasteiger partial charge < -0.3 is 20.6 Å². The zero-order valence-corrected chi connectivity index (χ0v) is 36.4. The van der Waals surface area contributed by atoms with Crippen molar-refractivity contribution in [3.8, 4) is 0 Å². The van der Waals surface area contributed by atoms with E-state index in [2.05, 4.69) is 31.3 Å². The van der Waals surface area contributed by atoms with Gasteiger partial charge in [0.2, 0.25) is 5.91 Å². The highest BCUT2D eigenvalue weighted by molar-refractivity contribution is 5.76. The molecule has 1 amide bonds. The summed E-state index contributed by atoms with van der Waals surface area (Å²) in [5.74, 6) is -0.321. The molecule has 0 radical (unpaired) electrons. The van der Waals surface area contributed by atoms with Crippen LogP contribution in [0.15, 0.2) is 24.3 Å². The Bertz CT molecular complexity index is 799. The second-order valence-electron chi connectivity index (χ2n) is 16.7. The van der Waals surface area contributed by atoms with Crippen molar-refractivity contribution in [3.63, 3.8) is 0 Å². The lowest BCUT2D eigenvalue weighted by Crippen LogP contribution is -2.45. The van der Waals surface area contributed by atoms with Crippen LogP contribution in [-0.2, 0) is 4.79 Å². The number of carbonyl (C=O) groups is 1. The van der Waals surface area contributed by atoms with Crippen molar-refractivity contribution in [1.29, 1.82) is 0 Å². The van der Waals surface area contributed by atoms with Crippen molar-refractivity contribution in [2.75, 3.05) is 6.61 Å². The van der Waals surface area contributed by atoms with Gasteiger partial charge in [0, 0.05) is 0 Å². The number of hydrogen-bond acceptors (Lipinski definition) is 4. The molecule has 0 aliphatic carbocycles. The van der Waals surface area contributed by atoms with E-state index in [1.54, 1.807) is 6.08 Å². The van der Waals surface area contributed by atoms with Crippen LogP contribution in [0.3, 0.4) is 0 Å². The first-order valence-corrected chi connectivity index (χ1v) is 24.1. The maximum atomic E-state index is 12.5. The predicted octanol–water partition coefficient (Wildman–Crippen LogP) is 14.2. The summed E-state index contributed by atoms with van der Waals surface area (Å²) < 4.78 is 0. The molecule has 3 atom stereocenters. The second kappa shape index (κ2) is 44.5. The molecule has 0 bridgehead atoms. The van der Waals surface area contributed by atoms with Crippen molar-refractivity contribution < 1.29 is 20.1 Å². The number of aliphatic hydroxyl groups excluding tert-OH is 3. The standard InChI is InChI=1S/C49H95NO4/c1-3-5-7-9-11-13-15-17-19-21-23-25-27-29-31-33-35-37-39-41-43-48(53)47(45-51)50-49(54)44-46(52)42-40-38-36-34-32-30-28-26-24-22-20-18-16-14-12-10-8-6-4-2/h33,35,41,43,46-48,51-53H,3-32,34,36-40,42,44-45H2,1-2H3,(H,50,54)/b35-33+,43-41+. The normalized spacial score (nSPS) is 13.6. The minimum atomic E-state index is -0.949. The minimum absolute atomic E-state index is 0.0100. The topological polar surface area (TPSA) is 89.8 Å². The molecule has 4 N–H and O–H groups in total. The molecule has 0 heterocycles. The third-order valence-corrected chi connectivity index (χ3v) is 11.2. The molecule has 0 fully saturated rings. The summed E-state index contributed by atoms with van der Waals surface area (Å²) in [6.45, 7) is 4.22. The van der Waals surface area contributed by atoms with Gasteiger partial charge in [-0.2, -0.15) is 0 Å². The highest BCUT2D eigenvalue weighted by Gasteiger charge is 2.20. The molecule has 320 valence electrons. The van der Waals surface area contributed by atoms with Gasteiger partial charge in [0.15, 0.2) is 0 Å². The Morgan fingerprint density at radius 2 is 0.796 bits per heavy atom. The minimum Gasteiger partial charge on any atom is -0.394 e. The molecule has 3 unspecified atom stereocenters. The maximum Gasteiger partial charge on any atom is 0.222 e. The van der Waals surface area contributed by atoms with E-state index >= 15 is 0 Å². The molecule has 0 aliphatic heterocycles. The van der Waals surface area contributed by atoms with Gasteiger partial charge >= 0.3 is 0 Å². The molecule has 5 nitrogen and oxygen atoms in total. The Labute approximate surface area is 337 Å². The summed E-state index contributed by atoms with van der Waals surface area (Å²) in [5.41, 5.74) is 0. The van der Waals surface area contributed by atoms with E-state index in [1.807, 2.05) is 6.08 Å². The van der Waals surface area contributed by atoms with Crippen LogP contribution in [0.1, 0.15) is 258 Å². The summed E-state index contributed by atoms with van der Waals surface area (Å²) in [6, 6.07) is -0.758. The molecule has 0 aromatic rings. The van der Waals surface area contributed by atoms with Crippen LogP contribution >= 0.6 is 0 Å². The van der Waals surface area contributed by atoms with Crippen LogP contribution in [0.2, 0.25) is 0 Å². The Hall–Kier alpha value is -1.17. The van der Waals surface area contributed by atoms with Gasteiger partial charge in [-0.15, -0.1) is 0 Å². The fraction of sp³-hybridized carbons (Fsp3) is 0.898. The van der Waals surface area contributed by atoms with E-state index < -0.39 is 18.2 Å². The Morgan fingerprint density at radius 1 is 0.463 bits per heavy atom.